The summed E-state index contributed by atoms with van der Waals surface area (Å²) in [6.07, 6.45) is 1.97. The molecule has 0 spiro atoms. The summed E-state index contributed by atoms with van der Waals surface area (Å²) in [5, 5.41) is 18.3. The maximum absolute atomic E-state index is 11.1. The molecule has 0 radical (unpaired) electrons. The Balaban J connectivity index is 1.50. The lowest BCUT2D eigenvalue weighted by atomic mass is 10.1. The van der Waals surface area contributed by atoms with Gasteiger partial charge in [-0.2, -0.15) is 0 Å². The molecule has 0 saturated heterocycles. The van der Waals surface area contributed by atoms with Crippen LogP contribution >= 0.6 is 0 Å². The first-order chi connectivity index (χ1) is 17.0. The molecule has 0 unspecified atom stereocenters. The van der Waals surface area contributed by atoms with Gasteiger partial charge in [-0.15, -0.1) is 0 Å². The Hall–Kier alpha value is -4.11. The second kappa shape index (κ2) is 10.9. The quantitative estimate of drug-likeness (QED) is 0.336. The predicted octanol–water partition coefficient (Wildman–Crippen LogP) is 3.64. The van der Waals surface area contributed by atoms with E-state index in [9.17, 15) is 4.79 Å². The first-order valence-electron chi connectivity index (χ1n) is 11.1. The molecule has 2 heterocycles. The summed E-state index contributed by atoms with van der Waals surface area (Å²) < 4.78 is 19.3. The van der Waals surface area contributed by atoms with Gasteiger partial charge in [0.15, 0.2) is 0 Å². The van der Waals surface area contributed by atoms with Gasteiger partial charge in [-0.1, -0.05) is 12.1 Å². The van der Waals surface area contributed by atoms with Crippen LogP contribution < -0.4 is 14.2 Å². The Labute approximate surface area is 202 Å². The summed E-state index contributed by atoms with van der Waals surface area (Å²) in [6, 6.07) is 14.6. The summed E-state index contributed by atoms with van der Waals surface area (Å²) in [5.41, 5.74) is 3.96. The molecule has 2 aromatic heterocycles. The highest BCUT2D eigenvalue weighted by Crippen LogP contribution is 2.28. The lowest BCUT2D eigenvalue weighted by Crippen LogP contribution is -2.05. The fraction of sp³-hybridized carbons (Fsp3) is 0.269. The number of carbonyl (C=O) groups is 1. The van der Waals surface area contributed by atoms with E-state index >= 15 is 0 Å². The number of benzene rings is 2. The topological polar surface area (TPSA) is 116 Å². The number of ether oxygens (including phenoxy) is 3. The number of carboxylic acids is 1. The molecule has 4 rings (SSSR count). The van der Waals surface area contributed by atoms with Crippen LogP contribution in [0.2, 0.25) is 0 Å². The van der Waals surface area contributed by atoms with Crippen molar-refractivity contribution in [3.05, 3.63) is 77.4 Å². The van der Waals surface area contributed by atoms with Crippen LogP contribution in [0.1, 0.15) is 29.1 Å². The number of aromatic nitrogens is 3. The van der Waals surface area contributed by atoms with Crippen molar-refractivity contribution in [3.8, 4) is 17.2 Å². The van der Waals surface area contributed by atoms with E-state index in [1.807, 2.05) is 41.9 Å². The second-order valence-corrected chi connectivity index (χ2v) is 8.00. The molecule has 9 heteroatoms. The van der Waals surface area contributed by atoms with Crippen molar-refractivity contribution in [1.29, 1.82) is 0 Å². The van der Waals surface area contributed by atoms with Gasteiger partial charge in [0.1, 0.15) is 36.3 Å². The minimum absolute atomic E-state index is 0.00730. The van der Waals surface area contributed by atoms with Crippen LogP contribution in [-0.4, -0.2) is 37.8 Å². The molecule has 0 bridgehead atoms. The van der Waals surface area contributed by atoms with Crippen LogP contribution in [0.3, 0.4) is 0 Å². The third-order valence-corrected chi connectivity index (χ3v) is 5.64. The molecule has 182 valence electrons. The maximum Gasteiger partial charge on any atom is 0.303 e. The Bertz CT molecular complexity index is 1320. The number of imidazole rings is 1. The number of aryl methyl sites for hydroxylation is 2. The number of aliphatic carboxylic acids is 1. The summed E-state index contributed by atoms with van der Waals surface area (Å²) in [4.78, 5) is 19.9. The Morgan fingerprint density at radius 2 is 1.86 bits per heavy atom. The third-order valence-electron chi connectivity index (χ3n) is 5.64. The van der Waals surface area contributed by atoms with Gasteiger partial charge in [-0.3, -0.25) is 9.78 Å². The fourth-order valence-corrected chi connectivity index (χ4v) is 3.63. The van der Waals surface area contributed by atoms with Gasteiger partial charge < -0.3 is 29.0 Å². The maximum atomic E-state index is 11.1. The molecule has 2 aromatic carbocycles. The molecule has 0 amide bonds. The van der Waals surface area contributed by atoms with Gasteiger partial charge in [0.2, 0.25) is 0 Å². The number of fused-ring (bicyclic) bond motifs is 1. The molecule has 35 heavy (non-hydrogen) atoms. The Kier molecular flexibility index (Phi) is 7.47. The van der Waals surface area contributed by atoms with Crippen molar-refractivity contribution < 1.29 is 29.2 Å². The zero-order chi connectivity index (χ0) is 24.8. The van der Waals surface area contributed by atoms with Crippen molar-refractivity contribution in [3.63, 3.8) is 0 Å². The molecule has 0 aliphatic rings. The number of rotatable bonds is 11. The van der Waals surface area contributed by atoms with Crippen molar-refractivity contribution in [2.75, 3.05) is 7.11 Å². The van der Waals surface area contributed by atoms with E-state index in [1.54, 1.807) is 31.5 Å². The molecule has 0 aliphatic heterocycles. The normalized spacial score (nSPS) is 10.9. The average Bonchev–Trinajstić information content (AvgIpc) is 3.20. The summed E-state index contributed by atoms with van der Waals surface area (Å²) in [6.45, 7) is 0.363. The van der Waals surface area contributed by atoms with Gasteiger partial charge in [0, 0.05) is 37.4 Å². The fourth-order valence-electron chi connectivity index (χ4n) is 3.63. The molecule has 0 atom stereocenters. The van der Waals surface area contributed by atoms with Gasteiger partial charge in [-0.05, 0) is 36.2 Å². The number of methoxy groups -OCH3 is 1. The number of hydrogen-bond donors (Lipinski definition) is 2. The molecule has 4 aromatic rings. The molecule has 0 saturated carbocycles. The van der Waals surface area contributed by atoms with E-state index in [0.717, 1.165) is 33.7 Å². The zero-order valence-corrected chi connectivity index (χ0v) is 19.6. The molecular weight excluding hydrogens is 450 g/mol. The summed E-state index contributed by atoms with van der Waals surface area (Å²) in [5.74, 6) is 1.76. The van der Waals surface area contributed by atoms with E-state index in [-0.39, 0.29) is 26.2 Å². The minimum Gasteiger partial charge on any atom is -0.497 e. The van der Waals surface area contributed by atoms with E-state index in [0.29, 0.717) is 23.6 Å². The lowest BCUT2D eigenvalue weighted by molar-refractivity contribution is -0.136. The van der Waals surface area contributed by atoms with E-state index in [1.165, 1.54) is 0 Å². The van der Waals surface area contributed by atoms with Crippen LogP contribution in [0, 0.1) is 0 Å². The highest BCUT2D eigenvalue weighted by atomic mass is 16.5. The summed E-state index contributed by atoms with van der Waals surface area (Å²) in [7, 11) is 3.55. The SMILES string of the molecule is COc1ccc2nc(COc3ccc(CCC(=O)O)c(OCc4ccc(CO)nc4)c3)n(C)c2c1. The largest absolute Gasteiger partial charge is 0.497 e. The van der Waals surface area contributed by atoms with Gasteiger partial charge in [0.25, 0.3) is 0 Å². The summed E-state index contributed by atoms with van der Waals surface area (Å²) >= 11 is 0. The number of carboxylic acid groups (broad SMARTS) is 1. The minimum atomic E-state index is -0.876. The predicted molar refractivity (Wildman–Crippen MR) is 128 cm³/mol. The highest BCUT2D eigenvalue weighted by molar-refractivity contribution is 5.77. The van der Waals surface area contributed by atoms with Crippen molar-refractivity contribution in [2.45, 2.75) is 32.7 Å². The Morgan fingerprint density at radius 3 is 2.57 bits per heavy atom. The standard InChI is InChI=1S/C26H27N3O6/c1-29-23-11-20(33-2)8-9-22(23)28-25(29)16-34-21-7-4-18(5-10-26(31)32)24(12-21)35-15-17-3-6-19(14-30)27-13-17/h3-4,6-9,11-13,30H,5,10,14-16H2,1-2H3,(H,31,32). The molecule has 0 fully saturated rings. The number of hydrogen-bond acceptors (Lipinski definition) is 7. The van der Waals surface area contributed by atoms with Crippen LogP contribution in [0.5, 0.6) is 17.2 Å². The first kappa shape index (κ1) is 24.0. The highest BCUT2D eigenvalue weighted by Gasteiger charge is 2.12. The second-order valence-electron chi connectivity index (χ2n) is 8.00. The number of pyridine rings is 1. The van der Waals surface area contributed by atoms with Crippen molar-refractivity contribution >= 4 is 17.0 Å². The van der Waals surface area contributed by atoms with Crippen LogP contribution in [0.25, 0.3) is 11.0 Å². The Morgan fingerprint density at radius 1 is 1.03 bits per heavy atom. The lowest BCUT2D eigenvalue weighted by Gasteiger charge is -2.14. The van der Waals surface area contributed by atoms with Gasteiger partial charge in [0.05, 0.1) is 30.4 Å². The number of aliphatic hydroxyl groups is 1. The van der Waals surface area contributed by atoms with Gasteiger partial charge >= 0.3 is 5.97 Å². The monoisotopic (exact) mass is 477 g/mol. The van der Waals surface area contributed by atoms with Crippen molar-refractivity contribution in [1.82, 2.24) is 14.5 Å². The van der Waals surface area contributed by atoms with E-state index < -0.39 is 5.97 Å². The first-order valence-corrected chi connectivity index (χ1v) is 11.1. The number of nitrogens with zero attached hydrogens (tertiary/aromatic N) is 3. The van der Waals surface area contributed by atoms with Crippen LogP contribution in [0.4, 0.5) is 0 Å². The zero-order valence-electron chi connectivity index (χ0n) is 19.6. The van der Waals surface area contributed by atoms with Gasteiger partial charge in [-0.25, -0.2) is 4.98 Å². The van der Waals surface area contributed by atoms with Crippen molar-refractivity contribution in [2.24, 2.45) is 7.05 Å². The molecule has 2 N–H and O–H groups in total. The van der Waals surface area contributed by atoms with E-state index in [2.05, 4.69) is 9.97 Å². The molecule has 9 nitrogen and oxygen atoms in total. The van der Waals surface area contributed by atoms with E-state index in [4.69, 9.17) is 24.4 Å². The average molecular weight is 478 g/mol. The molecular formula is C26H27N3O6. The number of aliphatic hydroxyl groups excluding tert-OH is 1. The van der Waals surface area contributed by atoms with Crippen LogP contribution in [-0.2, 0) is 38.1 Å². The smallest absolute Gasteiger partial charge is 0.303 e. The molecule has 0 aliphatic carbocycles. The van der Waals surface area contributed by atoms with Crippen LogP contribution in [0.15, 0.2) is 54.7 Å². The third kappa shape index (κ3) is 5.88.